The van der Waals surface area contributed by atoms with Crippen LogP contribution in [0.5, 0.6) is 0 Å². The molecule has 1 heterocycles. The monoisotopic (exact) mass is 289 g/mol. The molecule has 106 valence electrons. The molecule has 0 radical (unpaired) electrons. The van der Waals surface area contributed by atoms with Gasteiger partial charge in [-0.15, -0.1) is 0 Å². The Morgan fingerprint density at radius 2 is 1.85 bits per heavy atom. The molecule has 0 saturated heterocycles. The maximum atomic E-state index is 12.1. The fraction of sp³-hybridized carbons (Fsp3) is 0.333. The fourth-order valence-electron chi connectivity index (χ4n) is 1.83. The molecule has 0 aliphatic carbocycles. The summed E-state index contributed by atoms with van der Waals surface area (Å²) >= 11 is 1.56. The van der Waals surface area contributed by atoms with Crippen LogP contribution in [0.2, 0.25) is 0 Å². The number of aromatic nitrogens is 2. The normalized spacial score (nSPS) is 10.6. The van der Waals surface area contributed by atoms with Gasteiger partial charge in [-0.1, -0.05) is 29.5 Å². The van der Waals surface area contributed by atoms with E-state index in [2.05, 4.69) is 36.3 Å². The van der Waals surface area contributed by atoms with Crippen LogP contribution >= 0.6 is 11.8 Å². The molecule has 1 aromatic heterocycles. The van der Waals surface area contributed by atoms with Gasteiger partial charge in [0.1, 0.15) is 5.03 Å². The molecule has 2 aromatic rings. The molecule has 2 rings (SSSR count). The van der Waals surface area contributed by atoms with Crippen LogP contribution in [0.25, 0.3) is 0 Å². The Morgan fingerprint density at radius 1 is 1.20 bits per heavy atom. The standard InChI is InChI=1S/C15H19N3OS/c1-4-17(5-2)15(19)18-11-10-14(16-18)20-13-8-6-12(3)7-9-13/h6-11H,4-5H2,1-3H3. The zero-order valence-electron chi connectivity index (χ0n) is 12.0. The van der Waals surface area contributed by atoms with Crippen molar-refractivity contribution in [3.8, 4) is 0 Å². The summed E-state index contributed by atoms with van der Waals surface area (Å²) in [4.78, 5) is 15.0. The van der Waals surface area contributed by atoms with Crippen molar-refractivity contribution in [3.05, 3.63) is 42.1 Å². The Hall–Kier alpha value is -1.75. The van der Waals surface area contributed by atoms with Crippen molar-refractivity contribution in [1.82, 2.24) is 14.7 Å². The molecule has 0 N–H and O–H groups in total. The third kappa shape index (κ3) is 3.42. The van der Waals surface area contributed by atoms with Crippen LogP contribution in [0.15, 0.2) is 46.5 Å². The van der Waals surface area contributed by atoms with E-state index in [0.29, 0.717) is 13.1 Å². The first kappa shape index (κ1) is 14.7. The third-order valence-corrected chi connectivity index (χ3v) is 3.97. The van der Waals surface area contributed by atoms with Crippen molar-refractivity contribution in [1.29, 1.82) is 0 Å². The second kappa shape index (κ2) is 6.61. The first-order chi connectivity index (χ1) is 9.63. The Balaban J connectivity index is 2.09. The Labute approximate surface area is 123 Å². The first-order valence-corrected chi connectivity index (χ1v) is 7.55. The van der Waals surface area contributed by atoms with Crippen LogP contribution < -0.4 is 0 Å². The maximum Gasteiger partial charge on any atom is 0.344 e. The van der Waals surface area contributed by atoms with Crippen molar-refractivity contribution < 1.29 is 4.79 Å². The molecule has 4 nitrogen and oxygen atoms in total. The van der Waals surface area contributed by atoms with Crippen molar-refractivity contribution >= 4 is 17.8 Å². The summed E-state index contributed by atoms with van der Waals surface area (Å²) in [5.74, 6) is 0. The Bertz CT molecular complexity index is 573. The van der Waals surface area contributed by atoms with Gasteiger partial charge in [0.05, 0.1) is 0 Å². The van der Waals surface area contributed by atoms with Crippen molar-refractivity contribution in [2.75, 3.05) is 13.1 Å². The SMILES string of the molecule is CCN(CC)C(=O)n1ccc(Sc2ccc(C)cc2)n1. The highest BCUT2D eigenvalue weighted by Gasteiger charge is 2.13. The molecule has 0 fully saturated rings. The van der Waals surface area contributed by atoms with Gasteiger partial charge < -0.3 is 4.90 Å². The fourth-order valence-corrected chi connectivity index (χ4v) is 2.61. The average Bonchev–Trinajstić information content (AvgIpc) is 2.91. The van der Waals surface area contributed by atoms with Crippen LogP contribution in [0.3, 0.4) is 0 Å². The highest BCUT2D eigenvalue weighted by molar-refractivity contribution is 7.99. The van der Waals surface area contributed by atoms with Gasteiger partial charge in [0.25, 0.3) is 0 Å². The highest BCUT2D eigenvalue weighted by Crippen LogP contribution is 2.26. The highest BCUT2D eigenvalue weighted by atomic mass is 32.2. The smallest absolute Gasteiger partial charge is 0.323 e. The van der Waals surface area contributed by atoms with E-state index in [1.807, 2.05) is 19.9 Å². The van der Waals surface area contributed by atoms with Gasteiger partial charge in [0.2, 0.25) is 0 Å². The van der Waals surface area contributed by atoms with Crippen molar-refractivity contribution in [2.24, 2.45) is 0 Å². The lowest BCUT2D eigenvalue weighted by Gasteiger charge is -2.17. The molecule has 0 unspecified atom stereocenters. The number of carbonyl (C=O) groups is 1. The minimum absolute atomic E-state index is 0.0780. The number of nitrogens with zero attached hydrogens (tertiary/aromatic N) is 3. The Kier molecular flexibility index (Phi) is 4.84. The number of hydrogen-bond acceptors (Lipinski definition) is 3. The van der Waals surface area contributed by atoms with E-state index in [1.54, 1.807) is 22.9 Å². The van der Waals surface area contributed by atoms with E-state index in [4.69, 9.17) is 0 Å². The molecular formula is C15H19N3OS. The number of benzene rings is 1. The lowest BCUT2D eigenvalue weighted by molar-refractivity contribution is 0.201. The number of carbonyl (C=O) groups excluding carboxylic acids is 1. The molecule has 5 heteroatoms. The summed E-state index contributed by atoms with van der Waals surface area (Å²) in [6, 6.07) is 10.1. The van der Waals surface area contributed by atoms with Crippen molar-refractivity contribution in [3.63, 3.8) is 0 Å². The second-order valence-corrected chi connectivity index (χ2v) is 5.56. The van der Waals surface area contributed by atoms with Crippen LogP contribution in [-0.2, 0) is 0 Å². The number of rotatable bonds is 4. The van der Waals surface area contributed by atoms with E-state index in [0.717, 1.165) is 9.92 Å². The van der Waals surface area contributed by atoms with E-state index >= 15 is 0 Å². The quantitative estimate of drug-likeness (QED) is 0.862. The van der Waals surface area contributed by atoms with Gasteiger partial charge in [0, 0.05) is 24.2 Å². The van der Waals surface area contributed by atoms with Gasteiger partial charge >= 0.3 is 6.03 Å². The summed E-state index contributed by atoms with van der Waals surface area (Å²) in [7, 11) is 0. The third-order valence-electron chi connectivity index (χ3n) is 3.04. The first-order valence-electron chi connectivity index (χ1n) is 6.73. The molecule has 1 aromatic carbocycles. The molecule has 0 aliphatic heterocycles. The lowest BCUT2D eigenvalue weighted by Crippen LogP contribution is -2.34. The van der Waals surface area contributed by atoms with Gasteiger partial charge in [0.15, 0.2) is 0 Å². The average molecular weight is 289 g/mol. The van der Waals surface area contributed by atoms with Gasteiger partial charge in [-0.2, -0.15) is 9.78 Å². The predicted molar refractivity (Wildman–Crippen MR) is 81.2 cm³/mol. The molecule has 1 amide bonds. The van der Waals surface area contributed by atoms with Crippen LogP contribution in [0.1, 0.15) is 19.4 Å². The van der Waals surface area contributed by atoms with Crippen molar-refractivity contribution in [2.45, 2.75) is 30.7 Å². The molecule has 0 atom stereocenters. The summed E-state index contributed by atoms with van der Waals surface area (Å²) in [6.45, 7) is 7.37. The molecule has 0 spiro atoms. The Morgan fingerprint density at radius 3 is 2.45 bits per heavy atom. The molecule has 0 aliphatic rings. The zero-order chi connectivity index (χ0) is 14.5. The van der Waals surface area contributed by atoms with E-state index < -0.39 is 0 Å². The van der Waals surface area contributed by atoms with Crippen LogP contribution in [0, 0.1) is 6.92 Å². The molecule has 20 heavy (non-hydrogen) atoms. The summed E-state index contributed by atoms with van der Waals surface area (Å²) < 4.78 is 1.41. The lowest BCUT2D eigenvalue weighted by atomic mass is 10.2. The minimum atomic E-state index is -0.0780. The second-order valence-electron chi connectivity index (χ2n) is 4.47. The van der Waals surface area contributed by atoms with E-state index in [-0.39, 0.29) is 6.03 Å². The summed E-state index contributed by atoms with van der Waals surface area (Å²) in [5.41, 5.74) is 1.23. The summed E-state index contributed by atoms with van der Waals surface area (Å²) in [6.07, 6.45) is 1.72. The largest absolute Gasteiger partial charge is 0.344 e. The zero-order valence-corrected chi connectivity index (χ0v) is 12.9. The predicted octanol–water partition coefficient (Wildman–Crippen LogP) is 3.65. The molecular weight excluding hydrogens is 270 g/mol. The van der Waals surface area contributed by atoms with Crippen LogP contribution in [-0.4, -0.2) is 33.8 Å². The molecule has 0 saturated carbocycles. The van der Waals surface area contributed by atoms with Gasteiger partial charge in [-0.3, -0.25) is 0 Å². The molecule has 0 bridgehead atoms. The van der Waals surface area contributed by atoms with E-state index in [1.165, 1.54) is 10.2 Å². The summed E-state index contributed by atoms with van der Waals surface area (Å²) in [5, 5.41) is 5.16. The number of aryl methyl sites for hydroxylation is 1. The number of hydrogen-bond donors (Lipinski definition) is 0. The number of amides is 1. The van der Waals surface area contributed by atoms with Crippen LogP contribution in [0.4, 0.5) is 4.79 Å². The topological polar surface area (TPSA) is 38.1 Å². The van der Waals surface area contributed by atoms with Gasteiger partial charge in [-0.05, 0) is 39.0 Å². The minimum Gasteiger partial charge on any atom is -0.323 e. The maximum absolute atomic E-state index is 12.1. The van der Waals surface area contributed by atoms with Gasteiger partial charge in [-0.25, -0.2) is 4.79 Å². The van der Waals surface area contributed by atoms with E-state index in [9.17, 15) is 4.79 Å².